The van der Waals surface area contributed by atoms with Gasteiger partial charge < -0.3 is 10.2 Å². The van der Waals surface area contributed by atoms with Crippen LogP contribution < -0.4 is 10.2 Å². The predicted octanol–water partition coefficient (Wildman–Crippen LogP) is 4.61. The molecule has 3 aromatic rings. The average Bonchev–Trinajstić information content (AvgIpc) is 2.66. The van der Waals surface area contributed by atoms with Gasteiger partial charge in [-0.15, -0.1) is 0 Å². The molecule has 0 spiro atoms. The van der Waals surface area contributed by atoms with Crippen molar-refractivity contribution in [1.82, 2.24) is 0 Å². The highest BCUT2D eigenvalue weighted by atomic mass is 19.1. The molecule has 0 aromatic heterocycles. The van der Waals surface area contributed by atoms with E-state index in [1.54, 1.807) is 0 Å². The summed E-state index contributed by atoms with van der Waals surface area (Å²) < 4.78 is 27.5. The van der Waals surface area contributed by atoms with Gasteiger partial charge in [-0.1, -0.05) is 54.6 Å². The second kappa shape index (κ2) is 8.25. The molecule has 3 rings (SSSR count). The Morgan fingerprint density at radius 2 is 1.38 bits per heavy atom. The Morgan fingerprint density at radius 3 is 2.00 bits per heavy atom. The van der Waals surface area contributed by atoms with Crippen molar-refractivity contribution in [2.75, 3.05) is 16.8 Å². The molecule has 0 heterocycles. The van der Waals surface area contributed by atoms with Gasteiger partial charge >= 0.3 is 0 Å². The van der Waals surface area contributed by atoms with Crippen LogP contribution in [-0.2, 0) is 11.3 Å². The lowest BCUT2D eigenvalue weighted by atomic mass is 10.2. The van der Waals surface area contributed by atoms with Crippen LogP contribution in [0.2, 0.25) is 0 Å². The lowest BCUT2D eigenvalue weighted by Gasteiger charge is -2.24. The average molecular weight is 352 g/mol. The van der Waals surface area contributed by atoms with E-state index in [1.807, 2.05) is 65.6 Å². The minimum atomic E-state index is -0.798. The van der Waals surface area contributed by atoms with Crippen LogP contribution in [0.5, 0.6) is 0 Å². The quantitative estimate of drug-likeness (QED) is 0.703. The van der Waals surface area contributed by atoms with E-state index in [-0.39, 0.29) is 6.54 Å². The van der Waals surface area contributed by atoms with Gasteiger partial charge in [-0.25, -0.2) is 8.78 Å². The molecule has 0 bridgehead atoms. The molecule has 0 aliphatic heterocycles. The third kappa shape index (κ3) is 4.45. The van der Waals surface area contributed by atoms with E-state index >= 15 is 0 Å². The summed E-state index contributed by atoms with van der Waals surface area (Å²) in [6.07, 6.45) is 0. The minimum absolute atomic E-state index is 0.0350. The second-order valence-corrected chi connectivity index (χ2v) is 5.82. The Hall–Kier alpha value is -3.21. The molecule has 0 aliphatic rings. The number of carbonyl (C=O) groups is 1. The largest absolute Gasteiger partial charge is 0.358 e. The molecule has 0 saturated carbocycles. The molecular weight excluding hydrogens is 334 g/mol. The van der Waals surface area contributed by atoms with E-state index in [0.717, 1.165) is 23.4 Å². The molecule has 0 saturated heterocycles. The molecule has 3 nitrogen and oxygen atoms in total. The van der Waals surface area contributed by atoms with Gasteiger partial charge in [0.05, 0.1) is 6.54 Å². The summed E-state index contributed by atoms with van der Waals surface area (Å²) in [6.45, 7) is 0.463. The van der Waals surface area contributed by atoms with Crippen LogP contribution in [0, 0.1) is 11.6 Å². The van der Waals surface area contributed by atoms with Gasteiger partial charge in [-0.2, -0.15) is 0 Å². The van der Waals surface area contributed by atoms with Crippen LogP contribution in [-0.4, -0.2) is 12.5 Å². The summed E-state index contributed by atoms with van der Waals surface area (Å²) in [4.78, 5) is 14.3. The first kappa shape index (κ1) is 17.6. The summed E-state index contributed by atoms with van der Waals surface area (Å²) >= 11 is 0. The number of anilines is 2. The van der Waals surface area contributed by atoms with Crippen LogP contribution in [0.1, 0.15) is 5.56 Å². The highest BCUT2D eigenvalue weighted by molar-refractivity contribution is 5.94. The number of nitrogens with one attached hydrogen (secondary N) is 1. The Kier molecular flexibility index (Phi) is 5.59. The summed E-state index contributed by atoms with van der Waals surface area (Å²) in [5.41, 5.74) is 1.45. The number of carbonyl (C=O) groups excluding carboxylic acids is 1. The fraction of sp³-hybridized carbons (Fsp3) is 0.0952. The molecular formula is C21H18F2N2O. The van der Waals surface area contributed by atoms with Crippen molar-refractivity contribution < 1.29 is 13.6 Å². The van der Waals surface area contributed by atoms with Gasteiger partial charge in [0.15, 0.2) is 0 Å². The van der Waals surface area contributed by atoms with Gasteiger partial charge in [0.1, 0.15) is 17.3 Å². The maximum atomic E-state index is 13.7. The normalized spacial score (nSPS) is 10.4. The summed E-state index contributed by atoms with van der Waals surface area (Å²) in [5, 5.41) is 2.33. The van der Waals surface area contributed by atoms with E-state index in [9.17, 15) is 13.6 Å². The maximum absolute atomic E-state index is 13.7. The van der Waals surface area contributed by atoms with Crippen molar-refractivity contribution in [1.29, 1.82) is 0 Å². The molecule has 5 heteroatoms. The van der Waals surface area contributed by atoms with Crippen molar-refractivity contribution in [3.8, 4) is 0 Å². The van der Waals surface area contributed by atoms with E-state index in [2.05, 4.69) is 5.32 Å². The Morgan fingerprint density at radius 1 is 0.808 bits per heavy atom. The van der Waals surface area contributed by atoms with E-state index in [4.69, 9.17) is 0 Å². The monoisotopic (exact) mass is 352 g/mol. The van der Waals surface area contributed by atoms with Gasteiger partial charge in [0, 0.05) is 12.2 Å². The third-order valence-corrected chi connectivity index (χ3v) is 3.90. The Balaban J connectivity index is 1.78. The Bertz CT molecular complexity index is 849. The fourth-order valence-corrected chi connectivity index (χ4v) is 2.65. The molecule has 1 amide bonds. The minimum Gasteiger partial charge on any atom is -0.358 e. The zero-order chi connectivity index (χ0) is 18.4. The number of benzene rings is 3. The van der Waals surface area contributed by atoms with E-state index in [1.165, 1.54) is 6.07 Å². The van der Waals surface area contributed by atoms with Crippen molar-refractivity contribution in [2.45, 2.75) is 6.54 Å². The zero-order valence-corrected chi connectivity index (χ0v) is 14.0. The number of nitrogens with zero attached hydrogens (tertiary/aromatic N) is 1. The van der Waals surface area contributed by atoms with Crippen molar-refractivity contribution in [3.05, 3.63) is 96.1 Å². The number of hydrogen-bond acceptors (Lipinski definition) is 2. The first-order valence-corrected chi connectivity index (χ1v) is 8.21. The Labute approximate surface area is 150 Å². The van der Waals surface area contributed by atoms with E-state index < -0.39 is 23.2 Å². The predicted molar refractivity (Wildman–Crippen MR) is 98.9 cm³/mol. The van der Waals surface area contributed by atoms with Gasteiger partial charge in [0.2, 0.25) is 5.91 Å². The first-order valence-electron chi connectivity index (χ1n) is 8.21. The molecule has 3 aromatic carbocycles. The van der Waals surface area contributed by atoms with Crippen molar-refractivity contribution in [3.63, 3.8) is 0 Å². The second-order valence-electron chi connectivity index (χ2n) is 5.82. The number of rotatable bonds is 6. The van der Waals surface area contributed by atoms with Crippen molar-refractivity contribution >= 4 is 17.3 Å². The molecule has 26 heavy (non-hydrogen) atoms. The molecule has 0 atom stereocenters. The zero-order valence-electron chi connectivity index (χ0n) is 14.0. The molecule has 132 valence electrons. The lowest BCUT2D eigenvalue weighted by molar-refractivity contribution is -0.115. The molecule has 0 fully saturated rings. The molecule has 1 N–H and O–H groups in total. The van der Waals surface area contributed by atoms with Gasteiger partial charge in [0.25, 0.3) is 0 Å². The number of halogens is 2. The smallest absolute Gasteiger partial charge is 0.244 e. The number of para-hydroxylation sites is 2. The number of hydrogen-bond donors (Lipinski definition) is 1. The van der Waals surface area contributed by atoms with Gasteiger partial charge in [-0.05, 0) is 29.8 Å². The molecule has 0 unspecified atom stereocenters. The van der Waals surface area contributed by atoms with Gasteiger partial charge in [-0.3, -0.25) is 4.79 Å². The maximum Gasteiger partial charge on any atom is 0.244 e. The highest BCUT2D eigenvalue weighted by Crippen LogP contribution is 2.20. The first-order chi connectivity index (χ1) is 12.6. The van der Waals surface area contributed by atoms with Crippen LogP contribution in [0.25, 0.3) is 0 Å². The third-order valence-electron chi connectivity index (χ3n) is 3.90. The van der Waals surface area contributed by atoms with E-state index in [0.29, 0.717) is 6.54 Å². The SMILES string of the molecule is O=C(CN(Cc1ccccc1)c1ccccc1)Nc1c(F)cccc1F. The summed E-state index contributed by atoms with van der Waals surface area (Å²) in [6, 6.07) is 22.6. The summed E-state index contributed by atoms with van der Waals surface area (Å²) in [5.74, 6) is -2.09. The van der Waals surface area contributed by atoms with Crippen LogP contribution in [0.15, 0.2) is 78.9 Å². The van der Waals surface area contributed by atoms with Crippen LogP contribution >= 0.6 is 0 Å². The molecule has 0 aliphatic carbocycles. The molecule has 0 radical (unpaired) electrons. The van der Waals surface area contributed by atoms with Crippen LogP contribution in [0.3, 0.4) is 0 Å². The standard InChI is InChI=1S/C21H18F2N2O/c22-18-12-7-13-19(23)21(18)24-20(26)15-25(17-10-5-2-6-11-17)14-16-8-3-1-4-9-16/h1-13H,14-15H2,(H,24,26). The number of amides is 1. The highest BCUT2D eigenvalue weighted by Gasteiger charge is 2.16. The van der Waals surface area contributed by atoms with Crippen molar-refractivity contribution in [2.24, 2.45) is 0 Å². The van der Waals surface area contributed by atoms with Crippen LogP contribution in [0.4, 0.5) is 20.2 Å². The summed E-state index contributed by atoms with van der Waals surface area (Å²) in [7, 11) is 0. The topological polar surface area (TPSA) is 32.3 Å². The fourth-order valence-electron chi connectivity index (χ4n) is 2.65. The lowest BCUT2D eigenvalue weighted by Crippen LogP contribution is -2.33.